The summed E-state index contributed by atoms with van der Waals surface area (Å²) in [7, 11) is 0. The van der Waals surface area contributed by atoms with Crippen molar-refractivity contribution in [3.63, 3.8) is 0 Å². The molecule has 0 fully saturated rings. The van der Waals surface area contributed by atoms with Crippen LogP contribution in [0.1, 0.15) is 18.1 Å². The molecule has 14 heavy (non-hydrogen) atoms. The van der Waals surface area contributed by atoms with Gasteiger partial charge in [0.2, 0.25) is 0 Å². The van der Waals surface area contributed by atoms with E-state index in [2.05, 4.69) is 0 Å². The van der Waals surface area contributed by atoms with Crippen LogP contribution in [0.2, 0.25) is 0 Å². The number of aliphatic hydroxyl groups is 2. The molecule has 76 valence electrons. The predicted octanol–water partition coefficient (Wildman–Crippen LogP) is 1.00. The van der Waals surface area contributed by atoms with Gasteiger partial charge in [0.05, 0.1) is 12.7 Å². The molecule has 2 rings (SSSR count). The molecule has 1 aliphatic rings. The topological polar surface area (TPSA) is 49.7 Å². The monoisotopic (exact) mass is 198 g/mol. The van der Waals surface area contributed by atoms with Crippen LogP contribution >= 0.6 is 0 Å². The fourth-order valence-electron chi connectivity index (χ4n) is 1.60. The number of ether oxygens (including phenoxy) is 1. The third-order valence-electron chi connectivity index (χ3n) is 2.31. The zero-order chi connectivity index (χ0) is 10.1. The molecule has 0 radical (unpaired) electrons. The van der Waals surface area contributed by atoms with Crippen LogP contribution in [0, 0.1) is 5.82 Å². The Morgan fingerprint density at radius 3 is 3.00 bits per heavy atom. The molecule has 2 atom stereocenters. The van der Waals surface area contributed by atoms with Crippen molar-refractivity contribution in [1.82, 2.24) is 0 Å². The number of halogens is 1. The Bertz CT molecular complexity index is 340. The lowest BCUT2D eigenvalue weighted by atomic mass is 9.99. The lowest BCUT2D eigenvalue weighted by Crippen LogP contribution is -2.28. The van der Waals surface area contributed by atoms with Crippen LogP contribution < -0.4 is 4.74 Å². The predicted molar refractivity (Wildman–Crippen MR) is 47.5 cm³/mol. The van der Waals surface area contributed by atoms with Gasteiger partial charge < -0.3 is 14.9 Å². The molecule has 1 heterocycles. The second-order valence-corrected chi connectivity index (χ2v) is 3.36. The molecule has 0 saturated carbocycles. The van der Waals surface area contributed by atoms with E-state index in [1.807, 2.05) is 0 Å². The highest BCUT2D eigenvalue weighted by molar-refractivity contribution is 5.37. The number of hydrogen-bond acceptors (Lipinski definition) is 3. The Morgan fingerprint density at radius 2 is 2.29 bits per heavy atom. The summed E-state index contributed by atoms with van der Waals surface area (Å²) in [6, 6.07) is 3.99. The normalized spacial score (nSPS) is 25.4. The zero-order valence-electron chi connectivity index (χ0n) is 7.48. The quantitative estimate of drug-likeness (QED) is 0.707. The number of aliphatic hydroxyl groups excluding tert-OH is 2. The van der Waals surface area contributed by atoms with Gasteiger partial charge in [-0.2, -0.15) is 0 Å². The van der Waals surface area contributed by atoms with Crippen LogP contribution in [0.15, 0.2) is 18.2 Å². The minimum Gasteiger partial charge on any atom is -0.488 e. The maximum Gasteiger partial charge on any atom is 0.125 e. The van der Waals surface area contributed by atoms with Gasteiger partial charge in [-0.25, -0.2) is 4.39 Å². The number of benzene rings is 1. The summed E-state index contributed by atoms with van der Waals surface area (Å²) in [5.74, 6) is 0.0537. The third kappa shape index (κ3) is 1.58. The van der Waals surface area contributed by atoms with Crippen molar-refractivity contribution in [1.29, 1.82) is 0 Å². The summed E-state index contributed by atoms with van der Waals surface area (Å²) >= 11 is 0. The Labute approximate surface area is 80.8 Å². The second kappa shape index (κ2) is 3.55. The van der Waals surface area contributed by atoms with Gasteiger partial charge >= 0.3 is 0 Å². The van der Waals surface area contributed by atoms with Gasteiger partial charge in [-0.05, 0) is 18.2 Å². The van der Waals surface area contributed by atoms with Crippen molar-refractivity contribution < 1.29 is 19.3 Å². The van der Waals surface area contributed by atoms with Crippen LogP contribution in [-0.2, 0) is 0 Å². The van der Waals surface area contributed by atoms with Crippen LogP contribution in [0.4, 0.5) is 4.39 Å². The SMILES string of the molecule is OC[C@H]1C[C@H](O)c2cc(F)ccc2O1. The molecule has 1 aromatic rings. The van der Waals surface area contributed by atoms with E-state index in [1.165, 1.54) is 18.2 Å². The Balaban J connectivity index is 2.35. The molecule has 0 unspecified atom stereocenters. The maximum atomic E-state index is 12.8. The Kier molecular flexibility index (Phi) is 2.39. The van der Waals surface area contributed by atoms with Crippen molar-refractivity contribution in [3.8, 4) is 5.75 Å². The van der Waals surface area contributed by atoms with Gasteiger partial charge in [0.1, 0.15) is 17.7 Å². The first kappa shape index (κ1) is 9.43. The average Bonchev–Trinajstić information content (AvgIpc) is 2.19. The standard InChI is InChI=1S/C10H11FO3/c11-6-1-2-10-8(3-6)9(13)4-7(5-12)14-10/h1-3,7,9,12-13H,4-5H2/t7-,9+/m1/s1. The molecule has 0 bridgehead atoms. The van der Waals surface area contributed by atoms with E-state index < -0.39 is 18.0 Å². The molecule has 1 aliphatic heterocycles. The van der Waals surface area contributed by atoms with Crippen molar-refractivity contribution in [3.05, 3.63) is 29.6 Å². The van der Waals surface area contributed by atoms with Gasteiger partial charge in [-0.15, -0.1) is 0 Å². The van der Waals surface area contributed by atoms with Crippen LogP contribution in [0.5, 0.6) is 5.75 Å². The lowest BCUT2D eigenvalue weighted by Gasteiger charge is -2.28. The minimum atomic E-state index is -0.758. The van der Waals surface area contributed by atoms with Crippen LogP contribution in [-0.4, -0.2) is 22.9 Å². The molecule has 0 spiro atoms. The van der Waals surface area contributed by atoms with Crippen molar-refractivity contribution in [2.75, 3.05) is 6.61 Å². The summed E-state index contributed by atoms with van der Waals surface area (Å²) in [6.07, 6.45) is -0.859. The molecule has 4 heteroatoms. The highest BCUT2D eigenvalue weighted by Gasteiger charge is 2.26. The first-order valence-corrected chi connectivity index (χ1v) is 4.45. The molecule has 3 nitrogen and oxygen atoms in total. The van der Waals surface area contributed by atoms with Gasteiger partial charge in [-0.3, -0.25) is 0 Å². The van der Waals surface area contributed by atoms with Gasteiger partial charge in [0, 0.05) is 12.0 Å². The summed E-state index contributed by atoms with van der Waals surface area (Å²) in [5.41, 5.74) is 0.453. The van der Waals surface area contributed by atoms with Crippen LogP contribution in [0.25, 0.3) is 0 Å². The van der Waals surface area contributed by atoms with Crippen molar-refractivity contribution in [2.24, 2.45) is 0 Å². The van der Waals surface area contributed by atoms with Gasteiger partial charge in [0.25, 0.3) is 0 Å². The van der Waals surface area contributed by atoms with E-state index in [-0.39, 0.29) is 6.61 Å². The lowest BCUT2D eigenvalue weighted by molar-refractivity contribution is 0.0330. The molecule has 1 aromatic carbocycles. The highest BCUT2D eigenvalue weighted by Crippen LogP contribution is 2.34. The average molecular weight is 198 g/mol. The van der Waals surface area contributed by atoms with Crippen LogP contribution in [0.3, 0.4) is 0 Å². The number of fused-ring (bicyclic) bond motifs is 1. The van der Waals surface area contributed by atoms with Crippen molar-refractivity contribution in [2.45, 2.75) is 18.6 Å². The third-order valence-corrected chi connectivity index (χ3v) is 2.31. The van der Waals surface area contributed by atoms with E-state index in [0.29, 0.717) is 17.7 Å². The number of rotatable bonds is 1. The largest absolute Gasteiger partial charge is 0.488 e. The molecule has 0 aromatic heterocycles. The smallest absolute Gasteiger partial charge is 0.125 e. The van der Waals surface area contributed by atoms with Crippen molar-refractivity contribution >= 4 is 0 Å². The van der Waals surface area contributed by atoms with E-state index in [0.717, 1.165) is 0 Å². The molecule has 2 N–H and O–H groups in total. The second-order valence-electron chi connectivity index (χ2n) is 3.36. The van der Waals surface area contributed by atoms with E-state index in [1.54, 1.807) is 0 Å². The zero-order valence-corrected chi connectivity index (χ0v) is 7.48. The summed E-state index contributed by atoms with van der Waals surface area (Å²) in [5, 5.41) is 18.5. The molecule has 0 aliphatic carbocycles. The first-order chi connectivity index (χ1) is 6.70. The first-order valence-electron chi connectivity index (χ1n) is 4.45. The fraction of sp³-hybridized carbons (Fsp3) is 0.400. The molecular formula is C10H11FO3. The van der Waals surface area contributed by atoms with E-state index >= 15 is 0 Å². The Hall–Kier alpha value is -1.13. The Morgan fingerprint density at radius 1 is 1.50 bits per heavy atom. The summed E-state index contributed by atoms with van der Waals surface area (Å²) < 4.78 is 18.2. The highest BCUT2D eigenvalue weighted by atomic mass is 19.1. The summed E-state index contributed by atoms with van der Waals surface area (Å²) in [6.45, 7) is -0.145. The molecule has 0 saturated heterocycles. The number of hydrogen-bond donors (Lipinski definition) is 2. The van der Waals surface area contributed by atoms with E-state index in [9.17, 15) is 9.50 Å². The van der Waals surface area contributed by atoms with E-state index in [4.69, 9.17) is 9.84 Å². The fourth-order valence-corrected chi connectivity index (χ4v) is 1.60. The van der Waals surface area contributed by atoms with Gasteiger partial charge in [0.15, 0.2) is 0 Å². The molecule has 0 amide bonds. The molecular weight excluding hydrogens is 187 g/mol. The minimum absolute atomic E-state index is 0.145. The van der Waals surface area contributed by atoms with Gasteiger partial charge in [-0.1, -0.05) is 0 Å². The summed E-state index contributed by atoms with van der Waals surface area (Å²) in [4.78, 5) is 0. The maximum absolute atomic E-state index is 12.8.